The summed E-state index contributed by atoms with van der Waals surface area (Å²) in [5.74, 6) is -0.598. The summed E-state index contributed by atoms with van der Waals surface area (Å²) in [6.07, 6.45) is 0. The Morgan fingerprint density at radius 3 is 2.50 bits per heavy atom. The standard InChI is InChI=1S/C20H21N5O5/c26-8-5-21-14-11-15(19(28)29)22-18-16(12-1-3-13(27)4-2-12)23-20(24-17(14)18)25-6-9-30-10-7-25/h1-4,11,26-27H,5-10H2,(H,21,22)(H,28,29). The maximum Gasteiger partial charge on any atom is 0.354 e. The van der Waals surface area contributed by atoms with E-state index < -0.39 is 5.97 Å². The number of nitrogens with one attached hydrogen (secondary N) is 1. The zero-order valence-electron chi connectivity index (χ0n) is 16.1. The molecule has 0 amide bonds. The number of carbonyl (C=O) groups is 1. The number of anilines is 2. The molecule has 0 unspecified atom stereocenters. The predicted molar refractivity (Wildman–Crippen MR) is 110 cm³/mol. The molecule has 2 aromatic heterocycles. The lowest BCUT2D eigenvalue weighted by Crippen LogP contribution is -2.37. The number of aliphatic hydroxyl groups is 1. The van der Waals surface area contributed by atoms with E-state index in [1.807, 2.05) is 4.90 Å². The van der Waals surface area contributed by atoms with Crippen molar-refractivity contribution in [3.8, 4) is 17.0 Å². The molecular weight excluding hydrogens is 390 g/mol. The third-order valence-electron chi connectivity index (χ3n) is 4.72. The van der Waals surface area contributed by atoms with Crippen LogP contribution in [0.15, 0.2) is 30.3 Å². The molecule has 0 aliphatic carbocycles. The smallest absolute Gasteiger partial charge is 0.354 e. The van der Waals surface area contributed by atoms with Gasteiger partial charge in [0.1, 0.15) is 22.5 Å². The van der Waals surface area contributed by atoms with Crippen LogP contribution in [0.3, 0.4) is 0 Å². The van der Waals surface area contributed by atoms with E-state index in [1.165, 1.54) is 18.2 Å². The summed E-state index contributed by atoms with van der Waals surface area (Å²) in [7, 11) is 0. The third kappa shape index (κ3) is 3.95. The summed E-state index contributed by atoms with van der Waals surface area (Å²) >= 11 is 0. The first-order valence-electron chi connectivity index (χ1n) is 9.49. The molecule has 1 aromatic carbocycles. The minimum absolute atomic E-state index is 0.106. The third-order valence-corrected chi connectivity index (χ3v) is 4.72. The number of aromatic carboxylic acids is 1. The van der Waals surface area contributed by atoms with Gasteiger partial charge in [-0.25, -0.2) is 19.7 Å². The second kappa shape index (κ2) is 8.47. The Morgan fingerprint density at radius 1 is 1.10 bits per heavy atom. The molecular formula is C20H21N5O5. The number of benzene rings is 1. The molecule has 0 bridgehead atoms. The highest BCUT2D eigenvalue weighted by Crippen LogP contribution is 2.32. The lowest BCUT2D eigenvalue weighted by atomic mass is 10.1. The van der Waals surface area contributed by atoms with Gasteiger partial charge in [0.2, 0.25) is 5.95 Å². The summed E-state index contributed by atoms with van der Waals surface area (Å²) in [4.78, 5) is 27.3. The lowest BCUT2D eigenvalue weighted by molar-refractivity contribution is 0.0691. The van der Waals surface area contributed by atoms with Gasteiger partial charge in [0.25, 0.3) is 0 Å². The average molecular weight is 411 g/mol. The summed E-state index contributed by atoms with van der Waals surface area (Å²) in [6.45, 7) is 2.46. The summed E-state index contributed by atoms with van der Waals surface area (Å²) in [5, 5.41) is 31.4. The molecule has 30 heavy (non-hydrogen) atoms. The largest absolute Gasteiger partial charge is 0.508 e. The van der Waals surface area contributed by atoms with Crippen LogP contribution in [0, 0.1) is 0 Å². The second-order valence-electron chi connectivity index (χ2n) is 6.73. The number of fused-ring (bicyclic) bond motifs is 1. The van der Waals surface area contributed by atoms with E-state index >= 15 is 0 Å². The van der Waals surface area contributed by atoms with Crippen LogP contribution in [-0.2, 0) is 4.74 Å². The second-order valence-corrected chi connectivity index (χ2v) is 6.73. The van der Waals surface area contributed by atoms with Crippen LogP contribution in [0.5, 0.6) is 5.75 Å². The molecule has 156 valence electrons. The number of phenolic OH excluding ortho intramolecular Hbond substituents is 1. The van der Waals surface area contributed by atoms with Crippen molar-refractivity contribution in [2.24, 2.45) is 0 Å². The number of rotatable bonds is 6. The highest BCUT2D eigenvalue weighted by molar-refractivity contribution is 6.00. The van der Waals surface area contributed by atoms with E-state index in [-0.39, 0.29) is 24.6 Å². The maximum atomic E-state index is 11.6. The first-order chi connectivity index (χ1) is 14.6. The minimum Gasteiger partial charge on any atom is -0.508 e. The molecule has 0 atom stereocenters. The zero-order chi connectivity index (χ0) is 21.1. The van der Waals surface area contributed by atoms with E-state index in [0.717, 1.165) is 0 Å². The number of phenols is 1. The molecule has 3 aromatic rings. The lowest BCUT2D eigenvalue weighted by Gasteiger charge is -2.27. The van der Waals surface area contributed by atoms with E-state index in [0.29, 0.717) is 60.2 Å². The van der Waals surface area contributed by atoms with Crippen LogP contribution < -0.4 is 10.2 Å². The van der Waals surface area contributed by atoms with Crippen molar-refractivity contribution in [2.75, 3.05) is 49.7 Å². The number of aromatic nitrogens is 3. The van der Waals surface area contributed by atoms with Gasteiger partial charge in [-0.3, -0.25) is 0 Å². The Bertz CT molecular complexity index is 1070. The molecule has 4 rings (SSSR count). The number of nitrogens with zero attached hydrogens (tertiary/aromatic N) is 4. The SMILES string of the molecule is O=C(O)c1cc(NCCO)c2nc(N3CCOCC3)nc(-c3ccc(O)cc3)c2n1. The van der Waals surface area contributed by atoms with Crippen molar-refractivity contribution >= 4 is 28.6 Å². The number of morpholine rings is 1. The number of pyridine rings is 1. The Balaban J connectivity index is 1.97. The number of carboxylic acids is 1. The van der Waals surface area contributed by atoms with E-state index in [1.54, 1.807) is 12.1 Å². The Hall–Kier alpha value is -3.50. The van der Waals surface area contributed by atoms with Crippen molar-refractivity contribution in [3.63, 3.8) is 0 Å². The highest BCUT2D eigenvalue weighted by atomic mass is 16.5. The topological polar surface area (TPSA) is 141 Å². The zero-order valence-corrected chi connectivity index (χ0v) is 16.1. The monoisotopic (exact) mass is 411 g/mol. The van der Waals surface area contributed by atoms with Crippen molar-refractivity contribution < 1.29 is 24.9 Å². The summed E-state index contributed by atoms with van der Waals surface area (Å²) in [5.41, 5.74) is 2.18. The van der Waals surface area contributed by atoms with Crippen molar-refractivity contribution in [3.05, 3.63) is 36.0 Å². The predicted octanol–water partition coefficient (Wildman–Crippen LogP) is 1.34. The molecule has 3 heterocycles. The summed E-state index contributed by atoms with van der Waals surface area (Å²) in [6, 6.07) is 7.84. The maximum absolute atomic E-state index is 11.6. The van der Waals surface area contributed by atoms with Crippen LogP contribution in [0.2, 0.25) is 0 Å². The van der Waals surface area contributed by atoms with E-state index in [4.69, 9.17) is 9.72 Å². The fraction of sp³-hybridized carbons (Fsp3) is 0.300. The molecule has 4 N–H and O–H groups in total. The van der Waals surface area contributed by atoms with Crippen LogP contribution in [0.1, 0.15) is 10.5 Å². The Labute approximate surface area is 171 Å². The van der Waals surface area contributed by atoms with Gasteiger partial charge >= 0.3 is 5.97 Å². The molecule has 1 aliphatic heterocycles. The van der Waals surface area contributed by atoms with Gasteiger partial charge in [-0.1, -0.05) is 0 Å². The molecule has 1 saturated heterocycles. The van der Waals surface area contributed by atoms with Crippen LogP contribution >= 0.6 is 0 Å². The van der Waals surface area contributed by atoms with Gasteiger partial charge in [-0.2, -0.15) is 0 Å². The first kappa shape index (κ1) is 19.8. The van der Waals surface area contributed by atoms with Gasteiger partial charge in [0.15, 0.2) is 5.69 Å². The van der Waals surface area contributed by atoms with Crippen LogP contribution in [0.25, 0.3) is 22.3 Å². The summed E-state index contributed by atoms with van der Waals surface area (Å²) < 4.78 is 5.41. The number of aromatic hydroxyl groups is 1. The van der Waals surface area contributed by atoms with E-state index in [9.17, 15) is 20.1 Å². The molecule has 10 nitrogen and oxygen atoms in total. The number of ether oxygens (including phenoxy) is 1. The number of carboxylic acid groups (broad SMARTS) is 1. The fourth-order valence-electron chi connectivity index (χ4n) is 3.25. The minimum atomic E-state index is -1.18. The van der Waals surface area contributed by atoms with Crippen molar-refractivity contribution in [2.45, 2.75) is 0 Å². The number of hydrogen-bond donors (Lipinski definition) is 4. The molecule has 10 heteroatoms. The van der Waals surface area contributed by atoms with Crippen LogP contribution in [0.4, 0.5) is 11.6 Å². The fourth-order valence-corrected chi connectivity index (χ4v) is 3.25. The quantitative estimate of drug-likeness (QED) is 0.469. The van der Waals surface area contributed by atoms with Crippen molar-refractivity contribution in [1.82, 2.24) is 15.0 Å². The van der Waals surface area contributed by atoms with Gasteiger partial charge < -0.3 is 30.3 Å². The molecule has 1 aliphatic rings. The van der Waals surface area contributed by atoms with E-state index in [2.05, 4.69) is 15.3 Å². The number of aliphatic hydroxyl groups excluding tert-OH is 1. The molecule has 0 spiro atoms. The van der Waals surface area contributed by atoms with Gasteiger partial charge in [-0.15, -0.1) is 0 Å². The van der Waals surface area contributed by atoms with Gasteiger partial charge in [0.05, 0.1) is 25.5 Å². The Kier molecular flexibility index (Phi) is 5.59. The number of hydrogen-bond acceptors (Lipinski definition) is 9. The molecule has 1 fully saturated rings. The Morgan fingerprint density at radius 2 is 1.83 bits per heavy atom. The normalized spacial score (nSPS) is 14.1. The highest BCUT2D eigenvalue weighted by Gasteiger charge is 2.21. The van der Waals surface area contributed by atoms with Gasteiger partial charge in [0, 0.05) is 25.2 Å². The van der Waals surface area contributed by atoms with Crippen molar-refractivity contribution in [1.29, 1.82) is 0 Å². The molecule has 0 saturated carbocycles. The first-order valence-corrected chi connectivity index (χ1v) is 9.49. The van der Waals surface area contributed by atoms with Gasteiger partial charge in [-0.05, 0) is 30.3 Å². The average Bonchev–Trinajstić information content (AvgIpc) is 2.77. The molecule has 0 radical (unpaired) electrons. The van der Waals surface area contributed by atoms with Crippen LogP contribution in [-0.4, -0.2) is 75.7 Å².